The Morgan fingerprint density at radius 2 is 1.19 bits per heavy atom. The topological polar surface area (TPSA) is 3.24 Å². The third kappa shape index (κ3) is 3.57. The highest BCUT2D eigenvalue weighted by molar-refractivity contribution is 5.43. The van der Waals surface area contributed by atoms with Gasteiger partial charge < -0.3 is 0 Å². The van der Waals surface area contributed by atoms with E-state index in [-0.39, 0.29) is 5.41 Å². The summed E-state index contributed by atoms with van der Waals surface area (Å²) >= 11 is 0. The minimum Gasteiger partial charge on any atom is -0.294 e. The van der Waals surface area contributed by atoms with Gasteiger partial charge in [-0.05, 0) is 43.4 Å². The molecule has 138 valence electrons. The van der Waals surface area contributed by atoms with Crippen LogP contribution >= 0.6 is 0 Å². The Morgan fingerprint density at radius 1 is 0.741 bits per heavy atom. The van der Waals surface area contributed by atoms with E-state index >= 15 is 0 Å². The second kappa shape index (κ2) is 7.70. The van der Waals surface area contributed by atoms with Gasteiger partial charge in [-0.2, -0.15) is 0 Å². The molecule has 0 bridgehead atoms. The van der Waals surface area contributed by atoms with Gasteiger partial charge in [0.05, 0.1) is 0 Å². The van der Waals surface area contributed by atoms with Crippen LogP contribution in [0.3, 0.4) is 0 Å². The lowest BCUT2D eigenvalue weighted by Gasteiger charge is -2.54. The van der Waals surface area contributed by atoms with Gasteiger partial charge in [0.25, 0.3) is 0 Å². The van der Waals surface area contributed by atoms with Gasteiger partial charge in [-0.15, -0.1) is 0 Å². The molecule has 1 heteroatoms. The summed E-state index contributed by atoms with van der Waals surface area (Å²) in [6.45, 7) is 5.69. The van der Waals surface area contributed by atoms with Crippen molar-refractivity contribution in [2.24, 2.45) is 0 Å². The first-order valence-electron chi connectivity index (χ1n) is 10.1. The smallest absolute Gasteiger partial charge is 0.0239 e. The quantitative estimate of drug-likeness (QED) is 0.520. The van der Waals surface area contributed by atoms with Gasteiger partial charge in [-0.25, -0.2) is 0 Å². The lowest BCUT2D eigenvalue weighted by Crippen LogP contribution is -2.55. The molecule has 3 aromatic carbocycles. The van der Waals surface area contributed by atoms with Crippen molar-refractivity contribution in [2.45, 2.75) is 50.7 Å². The summed E-state index contributed by atoms with van der Waals surface area (Å²) in [6.07, 6.45) is 2.37. The predicted octanol–water partition coefficient (Wildman–Crippen LogP) is 6.05. The van der Waals surface area contributed by atoms with Crippen molar-refractivity contribution in [1.82, 2.24) is 4.90 Å². The van der Waals surface area contributed by atoms with Crippen molar-refractivity contribution in [2.75, 3.05) is 0 Å². The summed E-state index contributed by atoms with van der Waals surface area (Å²) in [4.78, 5) is 2.68. The molecular weight excluding hydrogens is 326 g/mol. The molecule has 1 nitrogen and oxygen atoms in total. The highest BCUT2D eigenvalue weighted by Crippen LogP contribution is 2.51. The van der Waals surface area contributed by atoms with E-state index in [0.717, 1.165) is 6.54 Å². The Balaban J connectivity index is 1.60. The van der Waals surface area contributed by atoms with Crippen molar-refractivity contribution < 1.29 is 0 Å². The summed E-state index contributed by atoms with van der Waals surface area (Å²) in [5.74, 6) is 0. The van der Waals surface area contributed by atoms with E-state index in [4.69, 9.17) is 0 Å². The van der Waals surface area contributed by atoms with Crippen LogP contribution in [0.1, 0.15) is 43.4 Å². The molecule has 0 aliphatic heterocycles. The monoisotopic (exact) mass is 355 g/mol. The molecule has 0 atom stereocenters. The van der Waals surface area contributed by atoms with E-state index < -0.39 is 0 Å². The van der Waals surface area contributed by atoms with E-state index in [2.05, 4.69) is 110 Å². The molecule has 1 aliphatic carbocycles. The third-order valence-corrected chi connectivity index (χ3v) is 6.16. The van der Waals surface area contributed by atoms with Gasteiger partial charge in [0, 0.05) is 24.0 Å². The first-order chi connectivity index (χ1) is 13.2. The summed E-state index contributed by atoms with van der Waals surface area (Å²) in [5.41, 5.74) is 4.46. The molecule has 1 saturated carbocycles. The Morgan fingerprint density at radius 3 is 1.63 bits per heavy atom. The van der Waals surface area contributed by atoms with Gasteiger partial charge in [-0.1, -0.05) is 91.0 Å². The fourth-order valence-electron chi connectivity index (χ4n) is 4.66. The zero-order chi connectivity index (χ0) is 18.7. The molecule has 3 aromatic rings. The molecule has 0 radical (unpaired) electrons. The zero-order valence-corrected chi connectivity index (χ0v) is 16.4. The molecule has 0 unspecified atom stereocenters. The third-order valence-electron chi connectivity index (χ3n) is 6.16. The molecule has 0 spiro atoms. The van der Waals surface area contributed by atoms with Crippen LogP contribution in [-0.2, 0) is 12.0 Å². The molecule has 0 amide bonds. The predicted molar refractivity (Wildman–Crippen MR) is 114 cm³/mol. The van der Waals surface area contributed by atoms with Crippen LogP contribution in [0.25, 0.3) is 0 Å². The van der Waals surface area contributed by atoms with Gasteiger partial charge in [-0.3, -0.25) is 4.90 Å². The number of benzene rings is 3. The minimum atomic E-state index is 0.150. The number of hydrogen-bond acceptors (Lipinski definition) is 1. The van der Waals surface area contributed by atoms with E-state index in [0.29, 0.717) is 12.1 Å². The summed E-state index contributed by atoms with van der Waals surface area (Å²) in [7, 11) is 0. The lowest BCUT2D eigenvalue weighted by molar-refractivity contribution is 0.0418. The normalized spacial score (nSPS) is 16.4. The second-order valence-corrected chi connectivity index (χ2v) is 8.13. The number of hydrogen-bond donors (Lipinski definition) is 0. The highest BCUT2D eigenvalue weighted by atomic mass is 15.2. The molecule has 0 N–H and O–H groups in total. The van der Waals surface area contributed by atoms with Crippen molar-refractivity contribution in [3.63, 3.8) is 0 Å². The molecule has 0 aromatic heterocycles. The van der Waals surface area contributed by atoms with E-state index in [1.807, 2.05) is 0 Å². The molecule has 27 heavy (non-hydrogen) atoms. The SMILES string of the molecule is CC(C)N(Cc1ccccc1)C1CC(c2ccccc2)(c2ccccc2)C1. The zero-order valence-electron chi connectivity index (χ0n) is 16.4. The van der Waals surface area contributed by atoms with Crippen LogP contribution in [0.5, 0.6) is 0 Å². The Labute approximate surface area is 163 Å². The van der Waals surface area contributed by atoms with E-state index in [9.17, 15) is 0 Å². The largest absolute Gasteiger partial charge is 0.294 e. The first-order valence-corrected chi connectivity index (χ1v) is 10.1. The molecule has 0 heterocycles. The maximum atomic E-state index is 2.68. The molecule has 4 rings (SSSR count). The maximum Gasteiger partial charge on any atom is 0.0239 e. The number of rotatable bonds is 6. The molecule has 0 saturated heterocycles. The van der Waals surface area contributed by atoms with Gasteiger partial charge >= 0.3 is 0 Å². The summed E-state index contributed by atoms with van der Waals surface area (Å²) in [5, 5.41) is 0. The van der Waals surface area contributed by atoms with Crippen molar-refractivity contribution in [1.29, 1.82) is 0 Å². The van der Waals surface area contributed by atoms with Crippen LogP contribution in [0.4, 0.5) is 0 Å². The van der Waals surface area contributed by atoms with Gasteiger partial charge in [0.2, 0.25) is 0 Å². The lowest BCUT2D eigenvalue weighted by atomic mass is 9.57. The molecule has 1 aliphatic rings. The standard InChI is InChI=1S/C26H29N/c1-21(2)27(20-22-12-6-3-7-13-22)25-18-26(19-25,23-14-8-4-9-15-23)24-16-10-5-11-17-24/h3-17,21,25H,18-20H2,1-2H3. The Hall–Kier alpha value is -2.38. The Bertz CT molecular complexity index is 792. The fraction of sp³-hybridized carbons (Fsp3) is 0.308. The second-order valence-electron chi connectivity index (χ2n) is 8.13. The van der Waals surface area contributed by atoms with Crippen LogP contribution in [0.15, 0.2) is 91.0 Å². The van der Waals surface area contributed by atoms with Gasteiger partial charge in [0.15, 0.2) is 0 Å². The van der Waals surface area contributed by atoms with Crippen molar-refractivity contribution in [3.05, 3.63) is 108 Å². The average molecular weight is 356 g/mol. The van der Waals surface area contributed by atoms with E-state index in [1.54, 1.807) is 0 Å². The number of nitrogens with zero attached hydrogens (tertiary/aromatic N) is 1. The maximum absolute atomic E-state index is 2.68. The summed E-state index contributed by atoms with van der Waals surface area (Å²) < 4.78 is 0. The van der Waals surface area contributed by atoms with Crippen LogP contribution in [0, 0.1) is 0 Å². The van der Waals surface area contributed by atoms with Crippen molar-refractivity contribution >= 4 is 0 Å². The van der Waals surface area contributed by atoms with Crippen LogP contribution < -0.4 is 0 Å². The van der Waals surface area contributed by atoms with Crippen molar-refractivity contribution in [3.8, 4) is 0 Å². The average Bonchev–Trinajstić information content (AvgIpc) is 2.69. The Kier molecular flexibility index (Phi) is 5.13. The minimum absolute atomic E-state index is 0.150. The molecular formula is C26H29N. The van der Waals surface area contributed by atoms with Crippen LogP contribution in [0.2, 0.25) is 0 Å². The molecule has 1 fully saturated rings. The van der Waals surface area contributed by atoms with E-state index in [1.165, 1.54) is 29.5 Å². The van der Waals surface area contributed by atoms with Crippen LogP contribution in [-0.4, -0.2) is 17.0 Å². The van der Waals surface area contributed by atoms with Gasteiger partial charge in [0.1, 0.15) is 0 Å². The first kappa shape index (κ1) is 18.0. The fourth-order valence-corrected chi connectivity index (χ4v) is 4.66. The highest BCUT2D eigenvalue weighted by Gasteiger charge is 2.49. The summed E-state index contributed by atoms with van der Waals surface area (Å²) in [6, 6.07) is 34.2.